The van der Waals surface area contributed by atoms with Crippen molar-refractivity contribution in [2.75, 3.05) is 13.1 Å². The normalized spacial score (nSPS) is 14.6. The van der Waals surface area contributed by atoms with Crippen LogP contribution in [0.4, 0.5) is 0 Å². The van der Waals surface area contributed by atoms with E-state index in [2.05, 4.69) is 54.6 Å². The lowest BCUT2D eigenvalue weighted by atomic mass is 9.99. The van der Waals surface area contributed by atoms with Crippen LogP contribution in [0.1, 0.15) is 51.3 Å². The first-order valence-electron chi connectivity index (χ1n) is 9.68. The average molecular weight is 404 g/mol. The summed E-state index contributed by atoms with van der Waals surface area (Å²) in [5.41, 5.74) is 2.07. The van der Waals surface area contributed by atoms with Gasteiger partial charge in [-0.25, -0.2) is 4.99 Å². The lowest BCUT2D eigenvalue weighted by Gasteiger charge is -2.24. The molecular weight excluding hydrogens is 370 g/mol. The van der Waals surface area contributed by atoms with E-state index in [1.54, 1.807) is 11.3 Å². The Hall–Kier alpha value is -1.89. The molecule has 2 rings (SSSR count). The van der Waals surface area contributed by atoms with Gasteiger partial charge in [-0.15, -0.1) is 0 Å². The van der Waals surface area contributed by atoms with Gasteiger partial charge in [0, 0.05) is 6.54 Å². The van der Waals surface area contributed by atoms with Crippen LogP contribution in [0.15, 0.2) is 46.1 Å². The number of guanidine groups is 1. The summed E-state index contributed by atoms with van der Waals surface area (Å²) in [5.74, 6) is 0.689. The highest BCUT2D eigenvalue weighted by molar-refractivity contribution is 7.08. The van der Waals surface area contributed by atoms with E-state index in [0.717, 1.165) is 23.2 Å². The number of nitrogens with one attached hydrogen (secondary N) is 2. The molecule has 154 valence electrons. The number of aliphatic hydroxyl groups is 1. The van der Waals surface area contributed by atoms with E-state index < -0.39 is 5.60 Å². The molecule has 0 bridgehead atoms. The second kappa shape index (κ2) is 10.0. The average Bonchev–Trinajstić information content (AvgIpc) is 3.18. The number of nitrogens with zero attached hydrogens (tertiary/aromatic N) is 1. The molecule has 0 amide bonds. The molecule has 0 spiro atoms. The molecule has 0 saturated carbocycles. The molecule has 0 aliphatic carbocycles. The molecule has 0 radical (unpaired) electrons. The molecule has 1 unspecified atom stereocenters. The zero-order chi connectivity index (χ0) is 20.6. The Balaban J connectivity index is 1.98. The minimum absolute atomic E-state index is 0.157. The third-order valence-electron chi connectivity index (χ3n) is 4.17. The summed E-state index contributed by atoms with van der Waals surface area (Å²) in [5, 5.41) is 21.1. The molecule has 6 heteroatoms. The molecule has 1 aromatic carbocycles. The van der Waals surface area contributed by atoms with Crippen molar-refractivity contribution in [1.82, 2.24) is 10.6 Å². The zero-order valence-electron chi connectivity index (χ0n) is 17.6. The Morgan fingerprint density at radius 1 is 1.14 bits per heavy atom. The fourth-order valence-electron chi connectivity index (χ4n) is 2.56. The molecule has 0 aliphatic heterocycles. The maximum Gasteiger partial charge on any atom is 0.191 e. The van der Waals surface area contributed by atoms with Crippen molar-refractivity contribution in [1.29, 1.82) is 0 Å². The van der Waals surface area contributed by atoms with Gasteiger partial charge >= 0.3 is 0 Å². The van der Waals surface area contributed by atoms with Crippen LogP contribution >= 0.6 is 11.3 Å². The standard InChI is InChI=1S/C22H33N3O2S/c1-6-23-20(25-16-22(5,26)19-10-11-28-15-19)24-13-17-8-7-9-18(12-17)14-27-21(2,3)4/h7-12,15,26H,6,13-14,16H2,1-5H3,(H2,23,24,25). The van der Waals surface area contributed by atoms with Crippen LogP contribution in [-0.4, -0.2) is 29.8 Å². The van der Waals surface area contributed by atoms with Crippen molar-refractivity contribution in [3.63, 3.8) is 0 Å². The smallest absolute Gasteiger partial charge is 0.191 e. The summed E-state index contributed by atoms with van der Waals surface area (Å²) in [6.45, 7) is 12.3. The fourth-order valence-corrected chi connectivity index (χ4v) is 3.34. The second-order valence-corrected chi connectivity index (χ2v) is 8.84. The van der Waals surface area contributed by atoms with E-state index in [4.69, 9.17) is 4.74 Å². The number of benzene rings is 1. The highest BCUT2D eigenvalue weighted by Gasteiger charge is 2.23. The number of aliphatic imine (C=N–C) groups is 1. The van der Waals surface area contributed by atoms with Crippen LogP contribution in [0.2, 0.25) is 0 Å². The summed E-state index contributed by atoms with van der Waals surface area (Å²) < 4.78 is 5.86. The van der Waals surface area contributed by atoms with Crippen molar-refractivity contribution < 1.29 is 9.84 Å². The van der Waals surface area contributed by atoms with Gasteiger partial charge < -0.3 is 20.5 Å². The van der Waals surface area contributed by atoms with E-state index in [9.17, 15) is 5.11 Å². The summed E-state index contributed by atoms with van der Waals surface area (Å²) in [6, 6.07) is 10.2. The molecule has 1 atom stereocenters. The Kier molecular flexibility index (Phi) is 8.04. The van der Waals surface area contributed by atoms with Crippen molar-refractivity contribution in [2.24, 2.45) is 4.99 Å². The summed E-state index contributed by atoms with van der Waals surface area (Å²) in [4.78, 5) is 4.66. The monoisotopic (exact) mass is 403 g/mol. The van der Waals surface area contributed by atoms with Gasteiger partial charge in [-0.1, -0.05) is 24.3 Å². The van der Waals surface area contributed by atoms with Gasteiger partial charge in [-0.05, 0) is 68.1 Å². The van der Waals surface area contributed by atoms with Crippen LogP contribution in [0.3, 0.4) is 0 Å². The van der Waals surface area contributed by atoms with Crippen LogP contribution < -0.4 is 10.6 Å². The molecule has 28 heavy (non-hydrogen) atoms. The number of hydrogen-bond donors (Lipinski definition) is 3. The van der Waals surface area contributed by atoms with Gasteiger partial charge in [0.05, 0.1) is 25.3 Å². The van der Waals surface area contributed by atoms with E-state index in [-0.39, 0.29) is 5.60 Å². The van der Waals surface area contributed by atoms with Gasteiger partial charge in [-0.2, -0.15) is 11.3 Å². The lowest BCUT2D eigenvalue weighted by molar-refractivity contribution is -0.0149. The third-order valence-corrected chi connectivity index (χ3v) is 4.85. The van der Waals surface area contributed by atoms with E-state index in [1.165, 1.54) is 0 Å². The topological polar surface area (TPSA) is 65.9 Å². The van der Waals surface area contributed by atoms with Crippen LogP contribution in [0.25, 0.3) is 0 Å². The van der Waals surface area contributed by atoms with Gasteiger partial charge in [0.1, 0.15) is 5.60 Å². The highest BCUT2D eigenvalue weighted by Crippen LogP contribution is 2.22. The van der Waals surface area contributed by atoms with E-state index >= 15 is 0 Å². The lowest BCUT2D eigenvalue weighted by Crippen LogP contribution is -2.44. The molecule has 5 nitrogen and oxygen atoms in total. The fraction of sp³-hybridized carbons (Fsp3) is 0.500. The second-order valence-electron chi connectivity index (χ2n) is 8.06. The first-order valence-corrected chi connectivity index (χ1v) is 10.6. The van der Waals surface area contributed by atoms with Crippen molar-refractivity contribution >= 4 is 17.3 Å². The first kappa shape index (κ1) is 22.4. The van der Waals surface area contributed by atoms with Gasteiger partial charge in [-0.3, -0.25) is 0 Å². The van der Waals surface area contributed by atoms with E-state index in [0.29, 0.717) is 25.7 Å². The molecular formula is C22H33N3O2S. The van der Waals surface area contributed by atoms with Gasteiger partial charge in [0.2, 0.25) is 0 Å². The van der Waals surface area contributed by atoms with Crippen LogP contribution in [0.5, 0.6) is 0 Å². The molecule has 1 aromatic heterocycles. The molecule has 0 aliphatic rings. The Morgan fingerprint density at radius 3 is 2.54 bits per heavy atom. The van der Waals surface area contributed by atoms with Crippen molar-refractivity contribution in [2.45, 2.75) is 59.0 Å². The summed E-state index contributed by atoms with van der Waals surface area (Å²) in [6.07, 6.45) is 0. The minimum atomic E-state index is -0.944. The third kappa shape index (κ3) is 7.62. The highest BCUT2D eigenvalue weighted by atomic mass is 32.1. The SMILES string of the molecule is CCNC(=NCc1cccc(COC(C)(C)C)c1)NCC(C)(O)c1ccsc1. The van der Waals surface area contributed by atoms with E-state index in [1.807, 2.05) is 36.7 Å². The Labute approximate surface area is 172 Å². The molecule has 2 aromatic rings. The van der Waals surface area contributed by atoms with Gasteiger partial charge in [0.25, 0.3) is 0 Å². The maximum absolute atomic E-state index is 10.7. The minimum Gasteiger partial charge on any atom is -0.384 e. The van der Waals surface area contributed by atoms with Crippen molar-refractivity contribution in [3.8, 4) is 0 Å². The Bertz CT molecular complexity index is 749. The number of hydrogen-bond acceptors (Lipinski definition) is 4. The quantitative estimate of drug-likeness (QED) is 0.460. The zero-order valence-corrected chi connectivity index (χ0v) is 18.4. The number of thiophene rings is 1. The van der Waals surface area contributed by atoms with Crippen molar-refractivity contribution in [3.05, 3.63) is 57.8 Å². The maximum atomic E-state index is 10.7. The first-order chi connectivity index (χ1) is 13.2. The van der Waals surface area contributed by atoms with Crippen LogP contribution in [-0.2, 0) is 23.5 Å². The molecule has 3 N–H and O–H groups in total. The summed E-state index contributed by atoms with van der Waals surface area (Å²) in [7, 11) is 0. The number of ether oxygens (including phenoxy) is 1. The molecule has 0 fully saturated rings. The number of rotatable bonds is 8. The predicted molar refractivity (Wildman–Crippen MR) is 118 cm³/mol. The Morgan fingerprint density at radius 2 is 1.89 bits per heavy atom. The van der Waals surface area contributed by atoms with Gasteiger partial charge in [0.15, 0.2) is 5.96 Å². The summed E-state index contributed by atoms with van der Waals surface area (Å²) >= 11 is 1.58. The molecule has 0 saturated heterocycles. The molecule has 1 heterocycles. The largest absolute Gasteiger partial charge is 0.384 e. The van der Waals surface area contributed by atoms with Crippen LogP contribution in [0, 0.1) is 0 Å². The predicted octanol–water partition coefficient (Wildman–Crippen LogP) is 4.03.